The smallest absolute Gasteiger partial charge is 0.0235 e. The van der Waals surface area contributed by atoms with Gasteiger partial charge in [-0.2, -0.15) is 0 Å². The van der Waals surface area contributed by atoms with Crippen molar-refractivity contribution in [2.24, 2.45) is 0 Å². The van der Waals surface area contributed by atoms with Gasteiger partial charge >= 0.3 is 0 Å². The minimum atomic E-state index is 0.607. The van der Waals surface area contributed by atoms with E-state index in [1.165, 1.54) is 38.2 Å². The molecule has 0 bridgehead atoms. The number of benzene rings is 1. The Bertz CT molecular complexity index is 350. The van der Waals surface area contributed by atoms with Crippen molar-refractivity contribution in [2.75, 3.05) is 46.8 Å². The van der Waals surface area contributed by atoms with Gasteiger partial charge in [0.2, 0.25) is 0 Å². The SMILES string of the molecule is CN(C)CCCN1CCNC(Cc2ccccc2)C1. The van der Waals surface area contributed by atoms with Crippen LogP contribution in [0.25, 0.3) is 0 Å². The molecule has 1 fully saturated rings. The van der Waals surface area contributed by atoms with Gasteiger partial charge in [-0.15, -0.1) is 0 Å². The molecular weight excluding hydrogens is 234 g/mol. The van der Waals surface area contributed by atoms with Gasteiger partial charge < -0.3 is 15.1 Å². The first-order valence-corrected chi connectivity index (χ1v) is 7.38. The van der Waals surface area contributed by atoms with Crippen LogP contribution in [0.2, 0.25) is 0 Å². The van der Waals surface area contributed by atoms with Crippen LogP contribution in [0.3, 0.4) is 0 Å². The van der Waals surface area contributed by atoms with Crippen molar-refractivity contribution < 1.29 is 0 Å². The lowest BCUT2D eigenvalue weighted by Gasteiger charge is -2.34. The van der Waals surface area contributed by atoms with Crippen molar-refractivity contribution in [3.8, 4) is 0 Å². The first-order valence-electron chi connectivity index (χ1n) is 7.38. The van der Waals surface area contributed by atoms with Crippen molar-refractivity contribution in [1.29, 1.82) is 0 Å². The first-order chi connectivity index (χ1) is 9.24. The van der Waals surface area contributed by atoms with Crippen molar-refractivity contribution >= 4 is 0 Å². The quantitative estimate of drug-likeness (QED) is 0.836. The molecule has 0 spiro atoms. The first kappa shape index (κ1) is 14.5. The Morgan fingerprint density at radius 2 is 2.05 bits per heavy atom. The zero-order chi connectivity index (χ0) is 13.5. The van der Waals surface area contributed by atoms with Gasteiger partial charge in [0.05, 0.1) is 0 Å². The lowest BCUT2D eigenvalue weighted by atomic mass is 10.0. The van der Waals surface area contributed by atoms with Gasteiger partial charge in [-0.25, -0.2) is 0 Å². The molecule has 1 N–H and O–H groups in total. The van der Waals surface area contributed by atoms with E-state index in [9.17, 15) is 0 Å². The molecule has 0 radical (unpaired) electrons. The maximum Gasteiger partial charge on any atom is 0.0235 e. The molecule has 2 rings (SSSR count). The molecule has 3 nitrogen and oxygen atoms in total. The average molecular weight is 261 g/mol. The van der Waals surface area contributed by atoms with E-state index in [0.717, 1.165) is 13.0 Å². The molecule has 19 heavy (non-hydrogen) atoms. The molecule has 0 amide bonds. The Morgan fingerprint density at radius 3 is 2.79 bits per heavy atom. The predicted octanol–water partition coefficient (Wildman–Crippen LogP) is 1.45. The van der Waals surface area contributed by atoms with E-state index in [1.54, 1.807) is 0 Å². The monoisotopic (exact) mass is 261 g/mol. The molecule has 1 unspecified atom stereocenters. The van der Waals surface area contributed by atoms with Crippen molar-refractivity contribution in [2.45, 2.75) is 18.9 Å². The summed E-state index contributed by atoms with van der Waals surface area (Å²) in [6.45, 7) is 5.92. The average Bonchev–Trinajstić information content (AvgIpc) is 2.40. The van der Waals surface area contributed by atoms with Gasteiger partial charge in [0, 0.05) is 25.7 Å². The Hall–Kier alpha value is -0.900. The van der Waals surface area contributed by atoms with Crippen LogP contribution in [-0.2, 0) is 6.42 Å². The van der Waals surface area contributed by atoms with E-state index in [1.807, 2.05) is 0 Å². The third-order valence-electron chi connectivity index (χ3n) is 3.74. The highest BCUT2D eigenvalue weighted by Crippen LogP contribution is 2.08. The van der Waals surface area contributed by atoms with Crippen LogP contribution < -0.4 is 5.32 Å². The standard InChI is InChI=1S/C16H27N3/c1-18(2)10-6-11-19-12-9-17-16(14-19)13-15-7-4-3-5-8-15/h3-5,7-8,16-17H,6,9-14H2,1-2H3. The number of hydrogen-bond donors (Lipinski definition) is 1. The van der Waals surface area contributed by atoms with Crippen LogP contribution in [0.15, 0.2) is 30.3 Å². The Balaban J connectivity index is 1.74. The van der Waals surface area contributed by atoms with Crippen molar-refractivity contribution in [3.63, 3.8) is 0 Å². The fraction of sp³-hybridized carbons (Fsp3) is 0.625. The summed E-state index contributed by atoms with van der Waals surface area (Å²) in [5.74, 6) is 0. The third-order valence-corrected chi connectivity index (χ3v) is 3.74. The topological polar surface area (TPSA) is 18.5 Å². The normalized spacial score (nSPS) is 20.9. The molecule has 0 saturated carbocycles. The van der Waals surface area contributed by atoms with E-state index in [4.69, 9.17) is 0 Å². The van der Waals surface area contributed by atoms with Crippen LogP contribution in [0.1, 0.15) is 12.0 Å². The summed E-state index contributed by atoms with van der Waals surface area (Å²) in [6, 6.07) is 11.4. The van der Waals surface area contributed by atoms with Gasteiger partial charge in [0.1, 0.15) is 0 Å². The predicted molar refractivity (Wildman–Crippen MR) is 81.5 cm³/mol. The summed E-state index contributed by atoms with van der Waals surface area (Å²) in [7, 11) is 4.30. The molecule has 0 aliphatic carbocycles. The van der Waals surface area contributed by atoms with Gasteiger partial charge in [0.15, 0.2) is 0 Å². The highest BCUT2D eigenvalue weighted by Gasteiger charge is 2.18. The second kappa shape index (κ2) is 7.63. The van der Waals surface area contributed by atoms with E-state index in [2.05, 4.69) is 59.5 Å². The van der Waals surface area contributed by atoms with E-state index < -0.39 is 0 Å². The lowest BCUT2D eigenvalue weighted by molar-refractivity contribution is 0.191. The van der Waals surface area contributed by atoms with Crippen LogP contribution in [-0.4, -0.2) is 62.7 Å². The van der Waals surface area contributed by atoms with Crippen molar-refractivity contribution in [3.05, 3.63) is 35.9 Å². The molecule has 1 aliphatic heterocycles. The summed E-state index contributed by atoms with van der Waals surface area (Å²) in [5, 5.41) is 3.64. The van der Waals surface area contributed by atoms with E-state index >= 15 is 0 Å². The van der Waals surface area contributed by atoms with Gasteiger partial charge in [-0.1, -0.05) is 30.3 Å². The number of nitrogens with one attached hydrogen (secondary N) is 1. The molecule has 1 aromatic carbocycles. The molecule has 1 saturated heterocycles. The van der Waals surface area contributed by atoms with E-state index in [0.29, 0.717) is 6.04 Å². The van der Waals surface area contributed by atoms with E-state index in [-0.39, 0.29) is 0 Å². The number of piperazine rings is 1. The molecule has 1 atom stereocenters. The molecule has 1 aromatic rings. The number of rotatable bonds is 6. The van der Waals surface area contributed by atoms with Crippen LogP contribution in [0.5, 0.6) is 0 Å². The number of nitrogens with zero attached hydrogens (tertiary/aromatic N) is 2. The maximum absolute atomic E-state index is 3.64. The fourth-order valence-corrected chi connectivity index (χ4v) is 2.74. The minimum Gasteiger partial charge on any atom is -0.311 e. The Morgan fingerprint density at radius 1 is 1.26 bits per heavy atom. The lowest BCUT2D eigenvalue weighted by Crippen LogP contribution is -2.51. The zero-order valence-electron chi connectivity index (χ0n) is 12.3. The highest BCUT2D eigenvalue weighted by atomic mass is 15.2. The van der Waals surface area contributed by atoms with Crippen LogP contribution >= 0.6 is 0 Å². The largest absolute Gasteiger partial charge is 0.311 e. The van der Waals surface area contributed by atoms with Crippen LogP contribution in [0, 0.1) is 0 Å². The second-order valence-electron chi connectivity index (χ2n) is 5.80. The molecule has 0 aromatic heterocycles. The van der Waals surface area contributed by atoms with Crippen LogP contribution in [0.4, 0.5) is 0 Å². The maximum atomic E-state index is 3.64. The summed E-state index contributed by atoms with van der Waals surface area (Å²) in [5.41, 5.74) is 1.44. The fourth-order valence-electron chi connectivity index (χ4n) is 2.74. The molecule has 106 valence electrons. The van der Waals surface area contributed by atoms with Crippen molar-refractivity contribution in [1.82, 2.24) is 15.1 Å². The minimum absolute atomic E-state index is 0.607. The zero-order valence-corrected chi connectivity index (χ0v) is 12.3. The Labute approximate surface area is 117 Å². The summed E-state index contributed by atoms with van der Waals surface area (Å²) in [6.07, 6.45) is 2.41. The third kappa shape index (κ3) is 5.31. The molecular formula is C16H27N3. The molecule has 1 heterocycles. The summed E-state index contributed by atoms with van der Waals surface area (Å²) >= 11 is 0. The summed E-state index contributed by atoms with van der Waals surface area (Å²) < 4.78 is 0. The molecule has 1 aliphatic rings. The van der Waals surface area contributed by atoms with Gasteiger partial charge in [-0.05, 0) is 45.6 Å². The Kier molecular flexibility index (Phi) is 5.83. The van der Waals surface area contributed by atoms with Gasteiger partial charge in [-0.3, -0.25) is 0 Å². The molecule has 3 heteroatoms. The highest BCUT2D eigenvalue weighted by molar-refractivity contribution is 5.16. The second-order valence-corrected chi connectivity index (χ2v) is 5.80. The summed E-state index contributed by atoms with van der Waals surface area (Å²) in [4.78, 5) is 4.87. The number of hydrogen-bond acceptors (Lipinski definition) is 3. The van der Waals surface area contributed by atoms with Gasteiger partial charge in [0.25, 0.3) is 0 Å².